The average molecular weight is 232 g/mol. The Hall–Kier alpha value is -1.13. The van der Waals surface area contributed by atoms with E-state index in [2.05, 4.69) is 5.32 Å². The van der Waals surface area contributed by atoms with Crippen LogP contribution in [-0.2, 0) is 9.53 Å². The van der Waals surface area contributed by atoms with Crippen LogP contribution in [0.15, 0.2) is 18.2 Å². The van der Waals surface area contributed by atoms with Crippen molar-refractivity contribution in [3.63, 3.8) is 0 Å². The van der Waals surface area contributed by atoms with E-state index in [0.29, 0.717) is 12.3 Å². The number of carbonyl (C=O) groups excluding carboxylic acids is 1. The Kier molecular flexibility index (Phi) is 4.52. The van der Waals surface area contributed by atoms with Gasteiger partial charge < -0.3 is 10.1 Å². The predicted octanol–water partition coefficient (Wildman–Crippen LogP) is 2.45. The van der Waals surface area contributed by atoms with Crippen molar-refractivity contribution in [3.8, 4) is 0 Å². The molecule has 0 fully saturated rings. The Balaban J connectivity index is 2.57. The molecule has 0 bridgehead atoms. The highest BCUT2D eigenvalue weighted by Crippen LogP contribution is 2.19. The number of hydrogen-bond acceptors (Lipinski definition) is 2. The van der Waals surface area contributed by atoms with Gasteiger partial charge >= 0.3 is 0 Å². The molecule has 0 spiro atoms. The molecule has 1 rings (SSSR count). The molecule has 1 N–H and O–H groups in total. The van der Waals surface area contributed by atoms with Crippen molar-refractivity contribution in [3.05, 3.63) is 29.0 Å². The smallest absolute Gasteiger partial charge is 0.250 e. The van der Waals surface area contributed by atoms with E-state index in [0.717, 1.165) is 0 Å². The number of halogens is 2. The molecule has 0 atom stereocenters. The van der Waals surface area contributed by atoms with E-state index in [1.807, 2.05) is 0 Å². The van der Waals surface area contributed by atoms with Gasteiger partial charge in [-0.3, -0.25) is 4.79 Å². The van der Waals surface area contributed by atoms with Gasteiger partial charge in [-0.1, -0.05) is 11.6 Å². The van der Waals surface area contributed by atoms with E-state index in [9.17, 15) is 9.18 Å². The van der Waals surface area contributed by atoms with E-state index in [-0.39, 0.29) is 17.5 Å². The maximum atomic E-state index is 12.8. The van der Waals surface area contributed by atoms with E-state index in [1.165, 1.54) is 18.2 Å². The summed E-state index contributed by atoms with van der Waals surface area (Å²) in [5, 5.41) is 2.51. The minimum atomic E-state index is -0.514. The van der Waals surface area contributed by atoms with Crippen LogP contribution >= 0.6 is 11.6 Å². The molecule has 1 aromatic carbocycles. The Labute approximate surface area is 92.2 Å². The Morgan fingerprint density at radius 1 is 1.60 bits per heavy atom. The number of carbonyl (C=O) groups is 1. The fourth-order valence-electron chi connectivity index (χ4n) is 0.966. The van der Waals surface area contributed by atoms with E-state index in [1.54, 1.807) is 6.92 Å². The molecule has 3 nitrogen and oxygen atoms in total. The molecule has 1 amide bonds. The van der Waals surface area contributed by atoms with Crippen molar-refractivity contribution >= 4 is 23.2 Å². The Bertz CT molecular complexity index is 357. The largest absolute Gasteiger partial charge is 0.372 e. The van der Waals surface area contributed by atoms with E-state index in [4.69, 9.17) is 16.3 Å². The fourth-order valence-corrected chi connectivity index (χ4v) is 1.15. The third-order valence-corrected chi connectivity index (χ3v) is 1.93. The Morgan fingerprint density at radius 2 is 2.33 bits per heavy atom. The van der Waals surface area contributed by atoms with Gasteiger partial charge in [0.2, 0.25) is 5.91 Å². The molecule has 82 valence electrons. The highest BCUT2D eigenvalue weighted by atomic mass is 35.5. The lowest BCUT2D eigenvalue weighted by Gasteiger charge is -2.05. The lowest BCUT2D eigenvalue weighted by Crippen LogP contribution is -2.18. The van der Waals surface area contributed by atoms with Crippen molar-refractivity contribution in [1.82, 2.24) is 0 Å². The zero-order valence-electron chi connectivity index (χ0n) is 8.22. The number of ether oxygens (including phenoxy) is 1. The molecule has 1 aromatic rings. The minimum absolute atomic E-state index is 0.0223. The van der Waals surface area contributed by atoms with Gasteiger partial charge in [0.1, 0.15) is 12.4 Å². The van der Waals surface area contributed by atoms with Crippen molar-refractivity contribution in [2.45, 2.75) is 6.92 Å². The molecule has 0 aliphatic heterocycles. The molecule has 0 saturated carbocycles. The summed E-state index contributed by atoms with van der Waals surface area (Å²) in [6, 6.07) is 3.98. The lowest BCUT2D eigenvalue weighted by molar-refractivity contribution is -0.120. The van der Waals surface area contributed by atoms with Crippen molar-refractivity contribution in [1.29, 1.82) is 0 Å². The second-order valence-electron chi connectivity index (χ2n) is 2.81. The quantitative estimate of drug-likeness (QED) is 0.865. The van der Waals surface area contributed by atoms with Gasteiger partial charge in [0.05, 0.1) is 5.02 Å². The first-order chi connectivity index (χ1) is 7.13. The molecule has 5 heteroatoms. The molecular formula is C10H11ClFNO2. The van der Waals surface area contributed by atoms with Gasteiger partial charge in [0.25, 0.3) is 0 Å². The molecule has 0 saturated heterocycles. The first kappa shape index (κ1) is 11.9. The predicted molar refractivity (Wildman–Crippen MR) is 56.5 cm³/mol. The summed E-state index contributed by atoms with van der Waals surface area (Å²) in [6.07, 6.45) is 0. The van der Waals surface area contributed by atoms with Crippen LogP contribution in [0.1, 0.15) is 6.92 Å². The molecule has 0 unspecified atom stereocenters. The van der Waals surface area contributed by atoms with E-state index >= 15 is 0 Å². The highest BCUT2D eigenvalue weighted by molar-refractivity contribution is 6.31. The van der Waals surface area contributed by atoms with Crippen LogP contribution < -0.4 is 5.32 Å². The van der Waals surface area contributed by atoms with Crippen LogP contribution in [0.3, 0.4) is 0 Å². The molecular weight excluding hydrogens is 221 g/mol. The second kappa shape index (κ2) is 5.68. The van der Waals surface area contributed by atoms with Crippen LogP contribution in [0.2, 0.25) is 5.02 Å². The first-order valence-electron chi connectivity index (χ1n) is 4.46. The topological polar surface area (TPSA) is 38.3 Å². The number of nitrogens with one attached hydrogen (secondary N) is 1. The minimum Gasteiger partial charge on any atom is -0.372 e. The number of rotatable bonds is 4. The number of benzene rings is 1. The van der Waals surface area contributed by atoms with Gasteiger partial charge in [0, 0.05) is 12.3 Å². The first-order valence-corrected chi connectivity index (χ1v) is 4.84. The summed E-state index contributed by atoms with van der Waals surface area (Å²) in [6.45, 7) is 2.24. The fraction of sp³-hybridized carbons (Fsp3) is 0.300. The summed E-state index contributed by atoms with van der Waals surface area (Å²) in [5.74, 6) is -0.806. The summed E-state index contributed by atoms with van der Waals surface area (Å²) in [7, 11) is 0. The molecule has 0 radical (unpaired) electrons. The van der Waals surface area contributed by atoms with Crippen molar-refractivity contribution in [2.24, 2.45) is 0 Å². The molecule has 0 heterocycles. The number of anilines is 1. The molecule has 0 aromatic heterocycles. The van der Waals surface area contributed by atoms with E-state index < -0.39 is 5.82 Å². The van der Waals surface area contributed by atoms with Crippen LogP contribution in [0.4, 0.5) is 10.1 Å². The van der Waals surface area contributed by atoms with Crippen LogP contribution in [-0.4, -0.2) is 19.1 Å². The zero-order chi connectivity index (χ0) is 11.3. The van der Waals surface area contributed by atoms with Gasteiger partial charge in [-0.05, 0) is 25.1 Å². The normalized spacial score (nSPS) is 10.1. The molecule has 0 aliphatic carbocycles. The third kappa shape index (κ3) is 3.85. The van der Waals surface area contributed by atoms with Gasteiger partial charge in [-0.15, -0.1) is 0 Å². The van der Waals surface area contributed by atoms with Crippen LogP contribution in [0.25, 0.3) is 0 Å². The maximum Gasteiger partial charge on any atom is 0.250 e. The van der Waals surface area contributed by atoms with Gasteiger partial charge in [-0.25, -0.2) is 4.39 Å². The van der Waals surface area contributed by atoms with Gasteiger partial charge in [-0.2, -0.15) is 0 Å². The summed E-state index contributed by atoms with van der Waals surface area (Å²) in [4.78, 5) is 11.2. The standard InChI is InChI=1S/C10H11ClFNO2/c1-2-15-6-10(14)13-7-3-4-9(12)8(11)5-7/h3-5H,2,6H2,1H3,(H,13,14). The number of hydrogen-bond donors (Lipinski definition) is 1. The third-order valence-electron chi connectivity index (χ3n) is 1.64. The van der Waals surface area contributed by atoms with Crippen LogP contribution in [0.5, 0.6) is 0 Å². The maximum absolute atomic E-state index is 12.8. The summed E-state index contributed by atoms with van der Waals surface area (Å²) >= 11 is 5.54. The summed E-state index contributed by atoms with van der Waals surface area (Å²) < 4.78 is 17.7. The lowest BCUT2D eigenvalue weighted by atomic mass is 10.3. The molecule has 0 aliphatic rings. The van der Waals surface area contributed by atoms with Crippen molar-refractivity contribution in [2.75, 3.05) is 18.5 Å². The van der Waals surface area contributed by atoms with Crippen LogP contribution in [0, 0.1) is 5.82 Å². The average Bonchev–Trinajstić information content (AvgIpc) is 2.20. The summed E-state index contributed by atoms with van der Waals surface area (Å²) in [5.41, 5.74) is 0.450. The van der Waals surface area contributed by atoms with Crippen molar-refractivity contribution < 1.29 is 13.9 Å². The molecule has 15 heavy (non-hydrogen) atoms. The Morgan fingerprint density at radius 3 is 2.93 bits per heavy atom. The SMILES string of the molecule is CCOCC(=O)Nc1ccc(F)c(Cl)c1. The monoisotopic (exact) mass is 231 g/mol. The van der Waals surface area contributed by atoms with Gasteiger partial charge in [0.15, 0.2) is 0 Å². The zero-order valence-corrected chi connectivity index (χ0v) is 8.97. The number of amides is 1. The second-order valence-corrected chi connectivity index (χ2v) is 3.22. The highest BCUT2D eigenvalue weighted by Gasteiger charge is 2.04.